The van der Waals surface area contributed by atoms with Gasteiger partial charge in [-0.1, -0.05) is 31.4 Å². The Bertz CT molecular complexity index is 621. The first-order valence-electron chi connectivity index (χ1n) is 9.35. The Labute approximate surface area is 154 Å². The number of amides is 2. The van der Waals surface area contributed by atoms with E-state index < -0.39 is 24.5 Å². The number of rotatable bonds is 7. The van der Waals surface area contributed by atoms with Gasteiger partial charge in [0.2, 0.25) is 5.91 Å². The van der Waals surface area contributed by atoms with E-state index in [1.54, 1.807) is 26.0 Å². The van der Waals surface area contributed by atoms with Crippen LogP contribution in [0.1, 0.15) is 67.8 Å². The third-order valence-electron chi connectivity index (χ3n) is 4.68. The summed E-state index contributed by atoms with van der Waals surface area (Å²) in [6.45, 7) is 3.46. The molecule has 0 unspecified atom stereocenters. The normalized spacial score (nSPS) is 15.8. The Morgan fingerprint density at radius 3 is 2.38 bits per heavy atom. The SMILES string of the molecule is CCNC(=O)[C@@H](C)NC(=O)COC(=O)c1ccc(C2CCCCC2)cc1. The van der Waals surface area contributed by atoms with Gasteiger partial charge in [0.05, 0.1) is 5.56 Å². The lowest BCUT2D eigenvalue weighted by Gasteiger charge is -2.22. The van der Waals surface area contributed by atoms with Crippen LogP contribution in [0.2, 0.25) is 0 Å². The number of hydrogen-bond acceptors (Lipinski definition) is 4. The summed E-state index contributed by atoms with van der Waals surface area (Å²) in [5.74, 6) is -0.738. The second-order valence-corrected chi connectivity index (χ2v) is 6.72. The number of nitrogens with one attached hydrogen (secondary N) is 2. The van der Waals surface area contributed by atoms with E-state index in [9.17, 15) is 14.4 Å². The van der Waals surface area contributed by atoms with E-state index in [4.69, 9.17) is 4.74 Å². The van der Waals surface area contributed by atoms with Gasteiger partial charge in [0.25, 0.3) is 5.91 Å². The van der Waals surface area contributed by atoms with Crippen molar-refractivity contribution in [3.63, 3.8) is 0 Å². The molecule has 26 heavy (non-hydrogen) atoms. The Hall–Kier alpha value is -2.37. The lowest BCUT2D eigenvalue weighted by molar-refractivity contribution is -0.130. The molecule has 1 aromatic rings. The molecule has 142 valence electrons. The van der Waals surface area contributed by atoms with Crippen LogP contribution in [0.3, 0.4) is 0 Å². The molecule has 0 radical (unpaired) electrons. The van der Waals surface area contributed by atoms with Crippen molar-refractivity contribution < 1.29 is 19.1 Å². The third kappa shape index (κ3) is 5.86. The van der Waals surface area contributed by atoms with Gasteiger partial charge in [-0.2, -0.15) is 0 Å². The summed E-state index contributed by atoms with van der Waals surface area (Å²) in [6, 6.07) is 6.78. The fraction of sp³-hybridized carbons (Fsp3) is 0.550. The van der Waals surface area contributed by atoms with Crippen molar-refractivity contribution in [2.75, 3.05) is 13.2 Å². The average Bonchev–Trinajstić information content (AvgIpc) is 2.67. The van der Waals surface area contributed by atoms with E-state index in [1.807, 2.05) is 12.1 Å². The zero-order valence-corrected chi connectivity index (χ0v) is 15.5. The first kappa shape index (κ1) is 19.9. The van der Waals surface area contributed by atoms with Crippen molar-refractivity contribution in [2.24, 2.45) is 0 Å². The second kappa shape index (κ2) is 9.94. The monoisotopic (exact) mass is 360 g/mol. The summed E-state index contributed by atoms with van der Waals surface area (Å²) in [4.78, 5) is 35.4. The van der Waals surface area contributed by atoms with Gasteiger partial charge in [-0.15, -0.1) is 0 Å². The van der Waals surface area contributed by atoms with Gasteiger partial charge < -0.3 is 15.4 Å². The summed E-state index contributed by atoms with van der Waals surface area (Å²) >= 11 is 0. The van der Waals surface area contributed by atoms with Crippen molar-refractivity contribution in [1.82, 2.24) is 10.6 Å². The van der Waals surface area contributed by atoms with Crippen molar-refractivity contribution in [2.45, 2.75) is 57.9 Å². The van der Waals surface area contributed by atoms with Crippen LogP contribution in [-0.4, -0.2) is 37.0 Å². The fourth-order valence-electron chi connectivity index (χ4n) is 3.22. The topological polar surface area (TPSA) is 84.5 Å². The van der Waals surface area contributed by atoms with Crippen molar-refractivity contribution in [3.05, 3.63) is 35.4 Å². The van der Waals surface area contributed by atoms with Gasteiger partial charge in [0.1, 0.15) is 6.04 Å². The van der Waals surface area contributed by atoms with Crippen LogP contribution in [-0.2, 0) is 14.3 Å². The van der Waals surface area contributed by atoms with E-state index in [-0.39, 0.29) is 5.91 Å². The van der Waals surface area contributed by atoms with Crippen molar-refractivity contribution in [3.8, 4) is 0 Å². The number of ether oxygens (including phenoxy) is 1. The number of benzene rings is 1. The number of likely N-dealkylation sites (N-methyl/N-ethyl adjacent to an activating group) is 1. The highest BCUT2D eigenvalue weighted by molar-refractivity contribution is 5.92. The molecule has 1 aliphatic rings. The summed E-state index contributed by atoms with van der Waals surface area (Å²) in [5.41, 5.74) is 1.68. The van der Waals surface area contributed by atoms with E-state index in [0.29, 0.717) is 18.0 Å². The maximum atomic E-state index is 12.1. The second-order valence-electron chi connectivity index (χ2n) is 6.72. The zero-order chi connectivity index (χ0) is 18.9. The van der Waals surface area contributed by atoms with Crippen LogP contribution in [0.25, 0.3) is 0 Å². The zero-order valence-electron chi connectivity index (χ0n) is 15.5. The minimum absolute atomic E-state index is 0.273. The maximum absolute atomic E-state index is 12.1. The highest BCUT2D eigenvalue weighted by Crippen LogP contribution is 2.32. The highest BCUT2D eigenvalue weighted by Gasteiger charge is 2.18. The number of carbonyl (C=O) groups excluding carboxylic acids is 3. The molecule has 0 heterocycles. The first-order valence-corrected chi connectivity index (χ1v) is 9.35. The van der Waals surface area contributed by atoms with Gasteiger partial charge in [0, 0.05) is 6.54 Å². The lowest BCUT2D eigenvalue weighted by atomic mass is 9.84. The van der Waals surface area contributed by atoms with Crippen LogP contribution in [0, 0.1) is 0 Å². The molecule has 0 saturated heterocycles. The van der Waals surface area contributed by atoms with Crippen LogP contribution < -0.4 is 10.6 Å². The molecule has 0 bridgehead atoms. The van der Waals surface area contributed by atoms with Crippen molar-refractivity contribution >= 4 is 17.8 Å². The molecule has 1 aromatic carbocycles. The average molecular weight is 360 g/mol. The van der Waals surface area contributed by atoms with E-state index in [1.165, 1.54) is 37.7 Å². The Morgan fingerprint density at radius 1 is 1.12 bits per heavy atom. The molecule has 0 spiro atoms. The van der Waals surface area contributed by atoms with Crippen LogP contribution in [0.5, 0.6) is 0 Å². The molecule has 1 atom stereocenters. The number of carbonyl (C=O) groups is 3. The number of hydrogen-bond donors (Lipinski definition) is 2. The first-order chi connectivity index (χ1) is 12.5. The molecule has 2 amide bonds. The van der Waals surface area contributed by atoms with Crippen molar-refractivity contribution in [1.29, 1.82) is 0 Å². The smallest absolute Gasteiger partial charge is 0.338 e. The Balaban J connectivity index is 1.80. The van der Waals surface area contributed by atoms with Gasteiger partial charge >= 0.3 is 5.97 Å². The third-order valence-corrected chi connectivity index (χ3v) is 4.68. The molecular weight excluding hydrogens is 332 g/mol. The van der Waals surface area contributed by atoms with Crippen LogP contribution in [0.4, 0.5) is 0 Å². The molecule has 2 rings (SSSR count). The predicted molar refractivity (Wildman–Crippen MR) is 98.8 cm³/mol. The molecule has 2 N–H and O–H groups in total. The molecule has 1 aliphatic carbocycles. The summed E-state index contributed by atoms with van der Waals surface area (Å²) < 4.78 is 5.03. The van der Waals surface area contributed by atoms with E-state index in [2.05, 4.69) is 10.6 Å². The Kier molecular flexibility index (Phi) is 7.63. The predicted octanol–water partition coefficient (Wildman–Crippen LogP) is 2.53. The molecule has 6 nitrogen and oxygen atoms in total. The molecule has 0 aromatic heterocycles. The van der Waals surface area contributed by atoms with Gasteiger partial charge in [-0.25, -0.2) is 4.79 Å². The largest absolute Gasteiger partial charge is 0.452 e. The summed E-state index contributed by atoms with van der Waals surface area (Å²) in [6.07, 6.45) is 6.24. The maximum Gasteiger partial charge on any atom is 0.338 e. The summed E-state index contributed by atoms with van der Waals surface area (Å²) in [7, 11) is 0. The van der Waals surface area contributed by atoms with Gasteiger partial charge in [-0.05, 0) is 50.3 Å². The minimum Gasteiger partial charge on any atom is -0.452 e. The molecule has 1 saturated carbocycles. The van der Waals surface area contributed by atoms with Gasteiger partial charge in [0.15, 0.2) is 6.61 Å². The minimum atomic E-state index is -0.670. The fourth-order valence-corrected chi connectivity index (χ4v) is 3.22. The Morgan fingerprint density at radius 2 is 1.77 bits per heavy atom. The summed E-state index contributed by atoms with van der Waals surface area (Å²) in [5, 5.41) is 5.11. The van der Waals surface area contributed by atoms with Gasteiger partial charge in [-0.3, -0.25) is 9.59 Å². The van der Waals surface area contributed by atoms with Crippen LogP contribution in [0.15, 0.2) is 24.3 Å². The lowest BCUT2D eigenvalue weighted by Crippen LogP contribution is -2.46. The molecule has 6 heteroatoms. The highest BCUT2D eigenvalue weighted by atomic mass is 16.5. The van der Waals surface area contributed by atoms with Crippen LogP contribution >= 0.6 is 0 Å². The molecular formula is C20H28N2O4. The molecule has 1 fully saturated rings. The molecule has 0 aliphatic heterocycles. The van der Waals surface area contributed by atoms with E-state index >= 15 is 0 Å². The number of esters is 1. The standard InChI is InChI=1S/C20H28N2O4/c1-3-21-19(24)14(2)22-18(23)13-26-20(25)17-11-9-16(10-12-17)15-7-5-4-6-8-15/h9-12,14-15H,3-8,13H2,1-2H3,(H,21,24)(H,22,23)/t14-/m1/s1. The van der Waals surface area contributed by atoms with E-state index in [0.717, 1.165) is 0 Å². The quantitative estimate of drug-likeness (QED) is 0.732.